The number of rotatable bonds is 6. The molecule has 0 bridgehead atoms. The van der Waals surface area contributed by atoms with E-state index >= 15 is 0 Å². The molecule has 0 saturated carbocycles. The summed E-state index contributed by atoms with van der Waals surface area (Å²) in [6, 6.07) is 13.7. The first-order chi connectivity index (χ1) is 12.0. The van der Waals surface area contributed by atoms with Crippen LogP contribution in [0.25, 0.3) is 0 Å². The quantitative estimate of drug-likeness (QED) is 0.463. The first kappa shape index (κ1) is 18.9. The molecule has 2 aromatic carbocycles. The highest BCUT2D eigenvalue weighted by atomic mass is 32.2. The molecule has 0 fully saturated rings. The van der Waals surface area contributed by atoms with Crippen molar-refractivity contribution in [1.82, 2.24) is 0 Å². The van der Waals surface area contributed by atoms with Gasteiger partial charge >= 0.3 is 0 Å². The van der Waals surface area contributed by atoms with Crippen LogP contribution in [0.5, 0.6) is 11.5 Å². The van der Waals surface area contributed by atoms with E-state index in [4.69, 9.17) is 10.5 Å². The van der Waals surface area contributed by atoms with Crippen LogP contribution in [0.1, 0.15) is 36.5 Å². The summed E-state index contributed by atoms with van der Waals surface area (Å²) in [5, 5.41) is 18.6. The second-order valence-electron chi connectivity index (χ2n) is 5.77. The molecule has 25 heavy (non-hydrogen) atoms. The Morgan fingerprint density at radius 1 is 1.28 bits per heavy atom. The van der Waals surface area contributed by atoms with Crippen molar-refractivity contribution in [3.8, 4) is 11.5 Å². The van der Waals surface area contributed by atoms with Crippen LogP contribution < -0.4 is 10.5 Å². The van der Waals surface area contributed by atoms with E-state index in [2.05, 4.69) is 24.1 Å². The van der Waals surface area contributed by atoms with Crippen molar-refractivity contribution in [3.63, 3.8) is 0 Å². The topological polar surface area (TPSA) is 80.2 Å². The Morgan fingerprint density at radius 2 is 2.00 bits per heavy atom. The van der Waals surface area contributed by atoms with Gasteiger partial charge in [0.1, 0.15) is 0 Å². The molecule has 0 radical (unpaired) electrons. The van der Waals surface area contributed by atoms with E-state index in [1.54, 1.807) is 0 Å². The maximum atomic E-state index is 10.2. The van der Waals surface area contributed by atoms with Gasteiger partial charge in [-0.1, -0.05) is 55.9 Å². The van der Waals surface area contributed by atoms with Gasteiger partial charge in [0.2, 0.25) is 0 Å². The number of hydrogen-bond acceptors (Lipinski definition) is 5. The number of thioether (sulfide) groups is 1. The van der Waals surface area contributed by atoms with E-state index in [0.717, 1.165) is 11.3 Å². The normalized spacial score (nSPS) is 12.1. The number of ether oxygens (including phenoxy) is 1. The van der Waals surface area contributed by atoms with Crippen molar-refractivity contribution in [1.29, 1.82) is 0 Å². The SMILES string of the molecule is COc1cc(C(C)C)cc(C=NN=C(N)SCc2ccccc2)c1O. The van der Waals surface area contributed by atoms with E-state index in [1.165, 1.54) is 30.6 Å². The zero-order chi connectivity index (χ0) is 18.2. The molecule has 2 aromatic rings. The molecule has 0 aliphatic rings. The molecule has 0 saturated heterocycles. The summed E-state index contributed by atoms with van der Waals surface area (Å²) in [4.78, 5) is 0. The Hall–Kier alpha value is -2.47. The Morgan fingerprint density at radius 3 is 2.64 bits per heavy atom. The van der Waals surface area contributed by atoms with Crippen LogP contribution in [0.3, 0.4) is 0 Å². The number of methoxy groups -OCH3 is 1. The zero-order valence-corrected chi connectivity index (χ0v) is 15.5. The molecule has 0 unspecified atom stereocenters. The predicted molar refractivity (Wildman–Crippen MR) is 106 cm³/mol. The minimum atomic E-state index is 0.0429. The largest absolute Gasteiger partial charge is 0.504 e. The first-order valence-electron chi connectivity index (χ1n) is 7.95. The number of benzene rings is 2. The fourth-order valence-corrected chi connectivity index (χ4v) is 2.76. The van der Waals surface area contributed by atoms with Crippen molar-refractivity contribution in [2.75, 3.05) is 7.11 Å². The van der Waals surface area contributed by atoms with Crippen molar-refractivity contribution in [2.24, 2.45) is 15.9 Å². The highest BCUT2D eigenvalue weighted by molar-refractivity contribution is 8.13. The smallest absolute Gasteiger partial charge is 0.180 e. The molecule has 2 rings (SSSR count). The number of phenolic OH excluding ortho intramolecular Hbond substituents is 1. The summed E-state index contributed by atoms with van der Waals surface area (Å²) < 4.78 is 5.22. The molecule has 0 spiro atoms. The Balaban J connectivity index is 2.08. The van der Waals surface area contributed by atoms with Gasteiger partial charge in [-0.05, 0) is 29.2 Å². The van der Waals surface area contributed by atoms with Gasteiger partial charge in [0.05, 0.1) is 13.3 Å². The Labute approximate surface area is 152 Å². The van der Waals surface area contributed by atoms with Crippen molar-refractivity contribution in [2.45, 2.75) is 25.5 Å². The van der Waals surface area contributed by atoms with E-state index in [-0.39, 0.29) is 5.75 Å². The maximum Gasteiger partial charge on any atom is 0.180 e. The minimum Gasteiger partial charge on any atom is -0.504 e. The molecule has 0 aliphatic carbocycles. The maximum absolute atomic E-state index is 10.2. The standard InChI is InChI=1S/C19H23N3O2S/c1-13(2)15-9-16(18(23)17(10-15)24-3)11-21-22-19(20)25-12-14-7-5-4-6-8-14/h4-11,13,23H,12H2,1-3H3,(H2,20,22). The third-order valence-corrected chi connectivity index (χ3v) is 4.45. The second-order valence-corrected chi connectivity index (χ2v) is 6.77. The average Bonchev–Trinajstić information content (AvgIpc) is 2.62. The molecular weight excluding hydrogens is 334 g/mol. The highest BCUT2D eigenvalue weighted by Gasteiger charge is 2.11. The van der Waals surface area contributed by atoms with Gasteiger partial charge in [-0.15, -0.1) is 5.10 Å². The lowest BCUT2D eigenvalue weighted by Crippen LogP contribution is -2.06. The van der Waals surface area contributed by atoms with Crippen LogP contribution in [0.2, 0.25) is 0 Å². The van der Waals surface area contributed by atoms with Crippen LogP contribution >= 0.6 is 11.8 Å². The summed E-state index contributed by atoms with van der Waals surface area (Å²) >= 11 is 1.41. The van der Waals surface area contributed by atoms with Gasteiger partial charge in [-0.2, -0.15) is 5.10 Å². The average molecular weight is 357 g/mol. The Kier molecular flexibility index (Phi) is 6.89. The first-order valence-corrected chi connectivity index (χ1v) is 8.94. The van der Waals surface area contributed by atoms with E-state index in [0.29, 0.717) is 22.4 Å². The number of nitrogens with zero attached hydrogens (tertiary/aromatic N) is 2. The van der Waals surface area contributed by atoms with Gasteiger partial charge in [0.25, 0.3) is 0 Å². The van der Waals surface area contributed by atoms with E-state index in [1.807, 2.05) is 42.5 Å². The number of amidine groups is 1. The van der Waals surface area contributed by atoms with E-state index in [9.17, 15) is 5.11 Å². The molecule has 0 aromatic heterocycles. The van der Waals surface area contributed by atoms with Crippen LogP contribution in [-0.4, -0.2) is 23.6 Å². The van der Waals surface area contributed by atoms with Gasteiger partial charge in [-0.3, -0.25) is 0 Å². The molecule has 5 nitrogen and oxygen atoms in total. The number of nitrogens with two attached hydrogens (primary N) is 1. The lowest BCUT2D eigenvalue weighted by Gasteiger charge is -2.11. The summed E-state index contributed by atoms with van der Waals surface area (Å²) in [5.41, 5.74) is 8.63. The summed E-state index contributed by atoms with van der Waals surface area (Å²) in [6.45, 7) is 4.15. The number of phenols is 1. The fourth-order valence-electron chi connectivity index (χ4n) is 2.15. The third kappa shape index (κ3) is 5.53. The molecule has 0 amide bonds. The van der Waals surface area contributed by atoms with Crippen molar-refractivity contribution >= 4 is 23.1 Å². The van der Waals surface area contributed by atoms with Crippen LogP contribution in [-0.2, 0) is 5.75 Å². The predicted octanol–water partition coefficient (Wildman–Crippen LogP) is 4.11. The van der Waals surface area contributed by atoms with Gasteiger partial charge in [-0.25, -0.2) is 0 Å². The lowest BCUT2D eigenvalue weighted by atomic mass is 10.00. The number of hydrogen-bond donors (Lipinski definition) is 2. The number of aromatic hydroxyl groups is 1. The van der Waals surface area contributed by atoms with Gasteiger partial charge in [0.15, 0.2) is 16.7 Å². The van der Waals surface area contributed by atoms with Gasteiger partial charge in [0, 0.05) is 11.3 Å². The van der Waals surface area contributed by atoms with Crippen molar-refractivity contribution < 1.29 is 9.84 Å². The Bertz CT molecular complexity index is 759. The molecule has 3 N–H and O–H groups in total. The van der Waals surface area contributed by atoms with Crippen LogP contribution in [0, 0.1) is 0 Å². The monoisotopic (exact) mass is 357 g/mol. The lowest BCUT2D eigenvalue weighted by molar-refractivity contribution is 0.372. The third-order valence-electron chi connectivity index (χ3n) is 3.60. The molecule has 6 heteroatoms. The van der Waals surface area contributed by atoms with E-state index < -0.39 is 0 Å². The molecular formula is C19H23N3O2S. The van der Waals surface area contributed by atoms with Crippen LogP contribution in [0.4, 0.5) is 0 Å². The molecule has 0 atom stereocenters. The van der Waals surface area contributed by atoms with Crippen LogP contribution in [0.15, 0.2) is 52.7 Å². The summed E-state index contributed by atoms with van der Waals surface area (Å²) in [6.07, 6.45) is 1.49. The molecule has 0 heterocycles. The molecule has 132 valence electrons. The molecule has 0 aliphatic heterocycles. The van der Waals surface area contributed by atoms with Crippen molar-refractivity contribution in [3.05, 3.63) is 59.2 Å². The van der Waals surface area contributed by atoms with Gasteiger partial charge < -0.3 is 15.6 Å². The second kappa shape index (κ2) is 9.13. The summed E-state index contributed by atoms with van der Waals surface area (Å²) in [7, 11) is 1.52. The summed E-state index contributed by atoms with van der Waals surface area (Å²) in [5.74, 6) is 1.49. The minimum absolute atomic E-state index is 0.0429. The zero-order valence-electron chi connectivity index (χ0n) is 14.6. The highest BCUT2D eigenvalue weighted by Crippen LogP contribution is 2.33. The fraction of sp³-hybridized carbons (Fsp3) is 0.263.